The molecule has 1 heteroatoms. The van der Waals surface area contributed by atoms with E-state index in [4.69, 9.17) is 0 Å². The zero-order valence-corrected chi connectivity index (χ0v) is 7.16. The van der Waals surface area contributed by atoms with E-state index in [1.807, 2.05) is 0 Å². The minimum absolute atomic E-state index is 0.896. The van der Waals surface area contributed by atoms with Gasteiger partial charge in [-0.05, 0) is 35.5 Å². The molecule has 4 fully saturated rings. The van der Waals surface area contributed by atoms with Crippen molar-refractivity contribution >= 4 is 15.9 Å². The molecule has 0 spiro atoms. The summed E-state index contributed by atoms with van der Waals surface area (Å²) in [6, 6.07) is 0. The summed E-state index contributed by atoms with van der Waals surface area (Å²) in [6.07, 6.45) is 4.97. The smallest absolute Gasteiger partial charge is 0.0219 e. The highest BCUT2D eigenvalue weighted by atomic mass is 79.9. The van der Waals surface area contributed by atoms with Crippen LogP contribution in [0.4, 0.5) is 0 Å². The number of allylic oxidation sites excluding steroid dienone is 2. The van der Waals surface area contributed by atoms with Gasteiger partial charge in [-0.15, -0.1) is 0 Å². The molecular weight excluding hydrogens is 188 g/mol. The standard InChI is InChI=1S/C9H9Br/c10-9-5-3-1-2-4(5)7-6(3)8(7)9/h1-9H. The fourth-order valence-corrected chi connectivity index (χ4v) is 5.47. The molecule has 5 unspecified atom stereocenters. The molecule has 0 amide bonds. The van der Waals surface area contributed by atoms with Crippen molar-refractivity contribution in [1.82, 2.24) is 0 Å². The Labute approximate surface area is 68.8 Å². The van der Waals surface area contributed by atoms with Crippen molar-refractivity contribution in [2.45, 2.75) is 4.83 Å². The Hall–Kier alpha value is 0.220. The summed E-state index contributed by atoms with van der Waals surface area (Å²) >= 11 is 3.83. The van der Waals surface area contributed by atoms with E-state index in [9.17, 15) is 0 Å². The maximum Gasteiger partial charge on any atom is 0.0219 e. The Morgan fingerprint density at radius 1 is 0.800 bits per heavy atom. The summed E-state index contributed by atoms with van der Waals surface area (Å²) in [5, 5.41) is 0. The van der Waals surface area contributed by atoms with Crippen LogP contribution in [-0.2, 0) is 0 Å². The summed E-state index contributed by atoms with van der Waals surface area (Å²) in [5.74, 6) is 6.39. The van der Waals surface area contributed by atoms with Crippen molar-refractivity contribution in [3.05, 3.63) is 12.2 Å². The lowest BCUT2D eigenvalue weighted by molar-refractivity contribution is 0.480. The molecule has 0 aromatic carbocycles. The topological polar surface area (TPSA) is 0 Å². The van der Waals surface area contributed by atoms with Gasteiger partial charge in [0.1, 0.15) is 0 Å². The van der Waals surface area contributed by atoms with Crippen LogP contribution in [0.15, 0.2) is 12.2 Å². The van der Waals surface area contributed by atoms with Gasteiger partial charge in [-0.1, -0.05) is 28.1 Å². The molecule has 6 bridgehead atoms. The summed E-state index contributed by atoms with van der Waals surface area (Å²) in [5.41, 5.74) is 0. The van der Waals surface area contributed by atoms with Crippen molar-refractivity contribution in [2.75, 3.05) is 0 Å². The van der Waals surface area contributed by atoms with Crippen LogP contribution in [0, 0.1) is 35.5 Å². The van der Waals surface area contributed by atoms with Crippen LogP contribution in [-0.4, -0.2) is 4.83 Å². The summed E-state index contributed by atoms with van der Waals surface area (Å²) in [4.78, 5) is 0.896. The molecule has 0 heterocycles. The van der Waals surface area contributed by atoms with E-state index in [1.54, 1.807) is 0 Å². The average molecular weight is 197 g/mol. The number of hydrogen-bond donors (Lipinski definition) is 0. The highest BCUT2D eigenvalue weighted by Crippen LogP contribution is 2.80. The fraction of sp³-hybridized carbons (Fsp3) is 0.778. The van der Waals surface area contributed by atoms with Crippen LogP contribution in [0.3, 0.4) is 0 Å². The maximum atomic E-state index is 3.83. The predicted molar refractivity (Wildman–Crippen MR) is 42.8 cm³/mol. The first-order valence-corrected chi connectivity index (χ1v) is 5.13. The van der Waals surface area contributed by atoms with Gasteiger partial charge < -0.3 is 0 Å². The second kappa shape index (κ2) is 1.16. The molecule has 0 N–H and O–H groups in total. The van der Waals surface area contributed by atoms with Gasteiger partial charge in [0.2, 0.25) is 0 Å². The van der Waals surface area contributed by atoms with E-state index in [2.05, 4.69) is 28.1 Å². The number of rotatable bonds is 0. The molecule has 52 valence electrons. The van der Waals surface area contributed by atoms with Crippen LogP contribution in [0.2, 0.25) is 0 Å². The van der Waals surface area contributed by atoms with E-state index in [1.165, 1.54) is 0 Å². The molecule has 0 nitrogen and oxygen atoms in total. The predicted octanol–water partition coefficient (Wildman–Crippen LogP) is 2.06. The number of hydrogen-bond acceptors (Lipinski definition) is 0. The molecule has 10 heavy (non-hydrogen) atoms. The maximum absolute atomic E-state index is 3.83. The van der Waals surface area contributed by atoms with Crippen molar-refractivity contribution < 1.29 is 0 Å². The van der Waals surface area contributed by atoms with Gasteiger partial charge in [-0.25, -0.2) is 0 Å². The summed E-state index contributed by atoms with van der Waals surface area (Å²) in [7, 11) is 0. The second-order valence-electron chi connectivity index (χ2n) is 4.29. The van der Waals surface area contributed by atoms with Crippen LogP contribution in [0.1, 0.15) is 0 Å². The Bertz CT molecular complexity index is 225. The van der Waals surface area contributed by atoms with Crippen molar-refractivity contribution in [3.8, 4) is 0 Å². The molecular formula is C9H9Br. The monoisotopic (exact) mass is 196 g/mol. The van der Waals surface area contributed by atoms with E-state index in [-0.39, 0.29) is 0 Å². The highest BCUT2D eigenvalue weighted by Gasteiger charge is 2.77. The van der Waals surface area contributed by atoms with Gasteiger partial charge in [-0.3, -0.25) is 0 Å². The lowest BCUT2D eigenvalue weighted by Gasteiger charge is -2.10. The van der Waals surface area contributed by atoms with Crippen molar-refractivity contribution in [2.24, 2.45) is 35.5 Å². The van der Waals surface area contributed by atoms with Crippen LogP contribution in [0.25, 0.3) is 0 Å². The second-order valence-corrected chi connectivity index (χ2v) is 5.35. The molecule has 4 saturated carbocycles. The first-order chi connectivity index (χ1) is 4.89. The first-order valence-electron chi connectivity index (χ1n) is 4.22. The third kappa shape index (κ3) is 0.279. The molecule has 0 aliphatic heterocycles. The molecule has 0 radical (unpaired) electrons. The Balaban J connectivity index is 2.01. The van der Waals surface area contributed by atoms with Crippen LogP contribution in [0.5, 0.6) is 0 Å². The third-order valence-electron chi connectivity index (χ3n) is 4.26. The number of halogens is 1. The van der Waals surface area contributed by atoms with Crippen molar-refractivity contribution in [3.63, 3.8) is 0 Å². The number of alkyl halides is 1. The van der Waals surface area contributed by atoms with E-state index >= 15 is 0 Å². The Morgan fingerprint density at radius 3 is 1.70 bits per heavy atom. The molecule has 5 rings (SSSR count). The molecule has 0 aromatic heterocycles. The minimum Gasteiger partial charge on any atom is -0.0884 e. The van der Waals surface area contributed by atoms with E-state index in [0.717, 1.165) is 40.3 Å². The van der Waals surface area contributed by atoms with Crippen LogP contribution >= 0.6 is 15.9 Å². The van der Waals surface area contributed by atoms with E-state index in [0.29, 0.717) is 0 Å². The normalized spacial score (nSPS) is 79.1. The third-order valence-corrected chi connectivity index (χ3v) is 5.48. The largest absolute Gasteiger partial charge is 0.0884 e. The molecule has 5 aliphatic carbocycles. The van der Waals surface area contributed by atoms with Gasteiger partial charge in [0, 0.05) is 4.83 Å². The molecule has 5 aliphatic rings. The summed E-state index contributed by atoms with van der Waals surface area (Å²) < 4.78 is 0. The van der Waals surface area contributed by atoms with Gasteiger partial charge in [0.25, 0.3) is 0 Å². The SMILES string of the molecule is BrC1C2C3C=CC2C2C1C32. The minimum atomic E-state index is 0.896. The molecule has 0 aromatic rings. The Morgan fingerprint density at radius 2 is 1.40 bits per heavy atom. The van der Waals surface area contributed by atoms with Gasteiger partial charge in [-0.2, -0.15) is 0 Å². The molecule has 5 atom stereocenters. The Kier molecular flexibility index (Phi) is 0.574. The lowest BCUT2D eigenvalue weighted by atomic mass is 10.00. The van der Waals surface area contributed by atoms with Crippen LogP contribution < -0.4 is 0 Å². The zero-order chi connectivity index (χ0) is 6.46. The summed E-state index contributed by atoms with van der Waals surface area (Å²) in [6.45, 7) is 0. The first kappa shape index (κ1) is 4.97. The van der Waals surface area contributed by atoms with E-state index < -0.39 is 0 Å². The zero-order valence-electron chi connectivity index (χ0n) is 5.57. The van der Waals surface area contributed by atoms with Gasteiger partial charge >= 0.3 is 0 Å². The highest BCUT2D eigenvalue weighted by molar-refractivity contribution is 9.09. The fourth-order valence-electron chi connectivity index (χ4n) is 4.06. The van der Waals surface area contributed by atoms with Crippen molar-refractivity contribution in [1.29, 1.82) is 0 Å². The average Bonchev–Trinajstić information content (AvgIpc) is 2.22. The van der Waals surface area contributed by atoms with Gasteiger partial charge in [0.05, 0.1) is 0 Å². The quantitative estimate of drug-likeness (QED) is 0.412. The lowest BCUT2D eigenvalue weighted by Crippen LogP contribution is -2.09. The molecule has 0 saturated heterocycles. The van der Waals surface area contributed by atoms with Gasteiger partial charge in [0.15, 0.2) is 0 Å².